The van der Waals surface area contributed by atoms with Gasteiger partial charge in [-0.2, -0.15) is 0 Å². The summed E-state index contributed by atoms with van der Waals surface area (Å²) >= 11 is 0. The summed E-state index contributed by atoms with van der Waals surface area (Å²) in [6.45, 7) is 8.30. The summed E-state index contributed by atoms with van der Waals surface area (Å²) in [4.78, 5) is 47.7. The average Bonchev–Trinajstić information content (AvgIpc) is 2.95. The molecule has 39 heavy (non-hydrogen) atoms. The van der Waals surface area contributed by atoms with E-state index in [0.717, 1.165) is 18.6 Å². The Labute approximate surface area is 225 Å². The highest BCUT2D eigenvalue weighted by Crippen LogP contribution is 2.27. The predicted octanol–water partition coefficient (Wildman–Crippen LogP) is 5.23. The molecule has 0 N–H and O–H groups in total. The van der Waals surface area contributed by atoms with Crippen molar-refractivity contribution in [3.05, 3.63) is 109 Å². The van der Waals surface area contributed by atoms with Crippen LogP contribution >= 0.6 is 0 Å². The average molecular weight is 531 g/mol. The molecular formula is C30H26O9. The first kappa shape index (κ1) is 28.4. The molecule has 200 valence electrons. The molecule has 3 rings (SSSR count). The van der Waals surface area contributed by atoms with Crippen LogP contribution in [0.5, 0.6) is 23.0 Å². The van der Waals surface area contributed by atoms with Crippen LogP contribution in [0.2, 0.25) is 0 Å². The van der Waals surface area contributed by atoms with Crippen LogP contribution in [0.25, 0.3) is 0 Å². The van der Waals surface area contributed by atoms with Gasteiger partial charge in [-0.1, -0.05) is 26.5 Å². The van der Waals surface area contributed by atoms with Gasteiger partial charge in [0.1, 0.15) is 23.0 Å². The molecule has 3 aromatic carbocycles. The number of rotatable bonds is 12. The molecule has 0 atom stereocenters. The number of hydrogen-bond acceptors (Lipinski definition) is 9. The van der Waals surface area contributed by atoms with E-state index in [0.29, 0.717) is 23.5 Å². The third-order valence-electron chi connectivity index (χ3n) is 5.12. The van der Waals surface area contributed by atoms with E-state index in [4.69, 9.17) is 23.7 Å². The summed E-state index contributed by atoms with van der Waals surface area (Å²) in [5.74, 6) is -1.12. The molecule has 0 radical (unpaired) electrons. The Morgan fingerprint density at radius 3 is 1.85 bits per heavy atom. The van der Waals surface area contributed by atoms with Gasteiger partial charge in [-0.15, -0.1) is 0 Å². The number of carbonyl (C=O) groups is 4. The van der Waals surface area contributed by atoms with E-state index in [1.807, 2.05) is 6.92 Å². The van der Waals surface area contributed by atoms with E-state index in [2.05, 4.69) is 13.2 Å². The molecule has 0 heterocycles. The first-order valence-electron chi connectivity index (χ1n) is 11.9. The first-order chi connectivity index (χ1) is 18.8. The standard InChI is InChI=1S/C30H26O9/c1-4-7-22-18-25(38-29(33)20-8-12-23(13-9-20)35-19-36-27(31)5-2)16-17-26(22)39-30(34)21-10-14-24(15-11-21)37-28(32)6-3/h5-6,8-18H,2-4,7,19H2,1H3. The van der Waals surface area contributed by atoms with E-state index in [1.165, 1.54) is 42.5 Å². The van der Waals surface area contributed by atoms with Gasteiger partial charge in [-0.3, -0.25) is 0 Å². The minimum atomic E-state index is -0.610. The molecule has 0 aromatic heterocycles. The molecule has 0 bridgehead atoms. The maximum absolute atomic E-state index is 12.7. The number of ether oxygens (including phenoxy) is 5. The van der Waals surface area contributed by atoms with Gasteiger partial charge in [0, 0.05) is 12.2 Å². The number of carbonyl (C=O) groups excluding carboxylic acids is 4. The SMILES string of the molecule is C=CC(=O)OCOc1ccc(C(=O)Oc2ccc(OC(=O)c3ccc(OC(=O)C=C)cc3)c(CCC)c2)cc1. The fourth-order valence-electron chi connectivity index (χ4n) is 3.23. The Kier molecular flexibility index (Phi) is 10.2. The molecule has 0 unspecified atom stereocenters. The Morgan fingerprint density at radius 2 is 1.26 bits per heavy atom. The normalized spacial score (nSPS) is 10.1. The number of hydrogen-bond donors (Lipinski definition) is 0. The molecule has 0 saturated carbocycles. The summed E-state index contributed by atoms with van der Waals surface area (Å²) < 4.78 is 26.1. The largest absolute Gasteiger partial charge is 0.457 e. The topological polar surface area (TPSA) is 114 Å². The highest BCUT2D eigenvalue weighted by atomic mass is 16.7. The number of aryl methyl sites for hydroxylation is 1. The zero-order valence-corrected chi connectivity index (χ0v) is 21.2. The van der Waals surface area contributed by atoms with Gasteiger partial charge < -0.3 is 23.7 Å². The van der Waals surface area contributed by atoms with Crippen LogP contribution in [0.3, 0.4) is 0 Å². The second-order valence-corrected chi connectivity index (χ2v) is 7.90. The third kappa shape index (κ3) is 8.43. The Hall–Kier alpha value is -5.18. The fourth-order valence-corrected chi connectivity index (χ4v) is 3.23. The van der Waals surface area contributed by atoms with Gasteiger partial charge in [-0.05, 0) is 78.7 Å². The van der Waals surface area contributed by atoms with Crippen LogP contribution in [-0.2, 0) is 20.7 Å². The smallest absolute Gasteiger partial charge is 0.343 e. The maximum Gasteiger partial charge on any atom is 0.343 e. The first-order valence-corrected chi connectivity index (χ1v) is 11.9. The fraction of sp³-hybridized carbons (Fsp3) is 0.133. The van der Waals surface area contributed by atoms with Crippen LogP contribution in [-0.4, -0.2) is 30.7 Å². The highest BCUT2D eigenvalue weighted by Gasteiger charge is 2.15. The predicted molar refractivity (Wildman–Crippen MR) is 141 cm³/mol. The van der Waals surface area contributed by atoms with Crippen LogP contribution in [0.1, 0.15) is 39.6 Å². The van der Waals surface area contributed by atoms with Crippen molar-refractivity contribution in [2.75, 3.05) is 6.79 Å². The van der Waals surface area contributed by atoms with Crippen molar-refractivity contribution in [2.45, 2.75) is 19.8 Å². The molecule has 0 spiro atoms. The quantitative estimate of drug-likeness (QED) is 0.134. The second-order valence-electron chi connectivity index (χ2n) is 7.90. The van der Waals surface area contributed by atoms with Gasteiger partial charge in [0.15, 0.2) is 0 Å². The van der Waals surface area contributed by atoms with Crippen molar-refractivity contribution < 1.29 is 42.9 Å². The maximum atomic E-state index is 12.7. The molecule has 0 fully saturated rings. The van der Waals surface area contributed by atoms with Gasteiger partial charge >= 0.3 is 23.9 Å². The Balaban J connectivity index is 1.64. The van der Waals surface area contributed by atoms with E-state index in [1.54, 1.807) is 24.3 Å². The van der Waals surface area contributed by atoms with Crippen molar-refractivity contribution in [1.82, 2.24) is 0 Å². The van der Waals surface area contributed by atoms with Gasteiger partial charge in [0.25, 0.3) is 0 Å². The van der Waals surface area contributed by atoms with E-state index < -0.39 is 23.9 Å². The zero-order valence-electron chi connectivity index (χ0n) is 21.2. The molecule has 0 aliphatic rings. The summed E-state index contributed by atoms with van der Waals surface area (Å²) in [5, 5.41) is 0. The molecule has 9 heteroatoms. The summed E-state index contributed by atoms with van der Waals surface area (Å²) in [5.41, 5.74) is 1.23. The summed E-state index contributed by atoms with van der Waals surface area (Å²) in [6.07, 6.45) is 3.40. The van der Waals surface area contributed by atoms with Crippen LogP contribution in [0.4, 0.5) is 0 Å². The Bertz CT molecular complexity index is 1360. The molecule has 9 nitrogen and oxygen atoms in total. The molecule has 0 amide bonds. The second kappa shape index (κ2) is 13.9. The highest BCUT2D eigenvalue weighted by molar-refractivity contribution is 5.92. The van der Waals surface area contributed by atoms with Crippen molar-refractivity contribution in [3.8, 4) is 23.0 Å². The minimum Gasteiger partial charge on any atom is -0.457 e. The van der Waals surface area contributed by atoms with Crippen molar-refractivity contribution >= 4 is 23.9 Å². The molecule has 0 saturated heterocycles. The minimum absolute atomic E-state index is 0.262. The van der Waals surface area contributed by atoms with Crippen LogP contribution < -0.4 is 18.9 Å². The van der Waals surface area contributed by atoms with E-state index >= 15 is 0 Å². The van der Waals surface area contributed by atoms with Crippen molar-refractivity contribution in [3.63, 3.8) is 0 Å². The lowest BCUT2D eigenvalue weighted by atomic mass is 10.1. The number of benzene rings is 3. The molecule has 0 aliphatic heterocycles. The van der Waals surface area contributed by atoms with Crippen LogP contribution in [0.15, 0.2) is 92.0 Å². The summed E-state index contributed by atoms with van der Waals surface area (Å²) in [7, 11) is 0. The van der Waals surface area contributed by atoms with E-state index in [-0.39, 0.29) is 29.4 Å². The zero-order chi connectivity index (χ0) is 28.2. The van der Waals surface area contributed by atoms with Gasteiger partial charge in [0.05, 0.1) is 11.1 Å². The molecule has 0 aliphatic carbocycles. The lowest BCUT2D eigenvalue weighted by Crippen LogP contribution is -2.11. The van der Waals surface area contributed by atoms with E-state index in [9.17, 15) is 19.2 Å². The lowest BCUT2D eigenvalue weighted by Gasteiger charge is -2.12. The Morgan fingerprint density at radius 1 is 0.692 bits per heavy atom. The monoisotopic (exact) mass is 530 g/mol. The van der Waals surface area contributed by atoms with Crippen molar-refractivity contribution in [1.29, 1.82) is 0 Å². The van der Waals surface area contributed by atoms with Gasteiger partial charge in [-0.25, -0.2) is 19.2 Å². The lowest BCUT2D eigenvalue weighted by molar-refractivity contribution is -0.144. The van der Waals surface area contributed by atoms with Gasteiger partial charge in [0.2, 0.25) is 6.79 Å². The third-order valence-corrected chi connectivity index (χ3v) is 5.12. The van der Waals surface area contributed by atoms with Crippen molar-refractivity contribution in [2.24, 2.45) is 0 Å². The van der Waals surface area contributed by atoms with Crippen LogP contribution in [0, 0.1) is 0 Å². The molecule has 3 aromatic rings. The molecular weight excluding hydrogens is 504 g/mol. The summed E-state index contributed by atoms with van der Waals surface area (Å²) in [6, 6.07) is 16.8. The number of esters is 4.